The van der Waals surface area contributed by atoms with Crippen molar-refractivity contribution in [1.82, 2.24) is 0 Å². The molecule has 0 heterocycles. The molecule has 0 saturated carbocycles. The smallest absolute Gasteiger partial charge is 0.306 e. The molecule has 0 aromatic heterocycles. The van der Waals surface area contributed by atoms with Gasteiger partial charge in [-0.1, -0.05) is 281 Å². The molecule has 0 fully saturated rings. The second-order valence-corrected chi connectivity index (χ2v) is 19.9. The Morgan fingerprint density at radius 2 is 0.565 bits per heavy atom. The maximum atomic E-state index is 12.8. The van der Waals surface area contributed by atoms with Gasteiger partial charge in [-0.3, -0.25) is 14.4 Å². The van der Waals surface area contributed by atoms with Crippen LogP contribution in [-0.4, -0.2) is 37.2 Å². The summed E-state index contributed by atoms with van der Waals surface area (Å²) in [5.74, 6) is -0.859. The Hall–Kier alpha value is -2.89. The van der Waals surface area contributed by atoms with Crippen LogP contribution in [0.5, 0.6) is 0 Å². The van der Waals surface area contributed by atoms with Gasteiger partial charge in [0.2, 0.25) is 0 Å². The average Bonchev–Trinajstić information content (AvgIpc) is 3.35. The van der Waals surface area contributed by atoms with E-state index in [1.165, 1.54) is 173 Å². The van der Waals surface area contributed by atoms with Crippen LogP contribution in [-0.2, 0) is 28.6 Å². The third kappa shape index (κ3) is 55.9. The summed E-state index contributed by atoms with van der Waals surface area (Å²) in [6.45, 7) is 6.52. The van der Waals surface area contributed by atoms with Crippen LogP contribution in [0.3, 0.4) is 0 Å². The van der Waals surface area contributed by atoms with Crippen molar-refractivity contribution >= 4 is 17.9 Å². The highest BCUT2D eigenvalue weighted by atomic mass is 16.6. The summed E-state index contributed by atoms with van der Waals surface area (Å²) in [6.07, 6.45) is 72.4. The number of carbonyl (C=O) groups is 3. The van der Waals surface area contributed by atoms with Crippen LogP contribution >= 0.6 is 0 Å². The molecule has 0 aliphatic carbocycles. The topological polar surface area (TPSA) is 78.9 Å². The Kier molecular flexibility index (Phi) is 55.3. The highest BCUT2D eigenvalue weighted by molar-refractivity contribution is 5.71. The maximum absolute atomic E-state index is 12.8. The Morgan fingerprint density at radius 1 is 0.304 bits per heavy atom. The van der Waals surface area contributed by atoms with Crippen LogP contribution < -0.4 is 0 Å². The van der Waals surface area contributed by atoms with Crippen molar-refractivity contribution in [2.75, 3.05) is 13.2 Å². The number of unbranched alkanes of at least 4 members (excludes halogenated alkanes) is 33. The molecule has 0 spiro atoms. The number of esters is 3. The van der Waals surface area contributed by atoms with Crippen molar-refractivity contribution in [2.45, 2.75) is 309 Å². The van der Waals surface area contributed by atoms with E-state index in [1.54, 1.807) is 0 Å². The molecule has 0 amide bonds. The summed E-state index contributed by atoms with van der Waals surface area (Å²) in [5, 5.41) is 0. The van der Waals surface area contributed by atoms with E-state index in [0.29, 0.717) is 19.3 Å². The van der Waals surface area contributed by atoms with E-state index in [0.717, 1.165) is 89.9 Å². The first-order chi connectivity index (χ1) is 34.0. The minimum Gasteiger partial charge on any atom is -0.462 e. The Bertz CT molecular complexity index is 1250. The first-order valence-electron chi connectivity index (χ1n) is 29.8. The lowest BCUT2D eigenvalue weighted by Gasteiger charge is -2.18. The lowest BCUT2D eigenvalue weighted by atomic mass is 10.0. The monoisotopic (exact) mass is 965 g/mol. The summed E-state index contributed by atoms with van der Waals surface area (Å²) in [4.78, 5) is 37.9. The molecule has 0 radical (unpaired) electrons. The van der Waals surface area contributed by atoms with Gasteiger partial charge in [0, 0.05) is 19.3 Å². The zero-order valence-electron chi connectivity index (χ0n) is 45.8. The van der Waals surface area contributed by atoms with Crippen LogP contribution in [0.1, 0.15) is 303 Å². The molecule has 0 aromatic rings. The Balaban J connectivity index is 4.03. The summed E-state index contributed by atoms with van der Waals surface area (Å²) in [6, 6.07) is 0. The van der Waals surface area contributed by atoms with E-state index in [9.17, 15) is 14.4 Å². The molecule has 0 saturated heterocycles. The van der Waals surface area contributed by atoms with Crippen molar-refractivity contribution in [2.24, 2.45) is 0 Å². The lowest BCUT2D eigenvalue weighted by Crippen LogP contribution is -2.30. The molecular weight excluding hydrogens is 853 g/mol. The quantitative estimate of drug-likeness (QED) is 0.0262. The fraction of sp³-hybridized carbons (Fsp3) is 0.794. The molecule has 0 aliphatic rings. The molecule has 1 unspecified atom stereocenters. The summed E-state index contributed by atoms with van der Waals surface area (Å²) < 4.78 is 16.8. The predicted molar refractivity (Wildman–Crippen MR) is 298 cm³/mol. The van der Waals surface area contributed by atoms with Gasteiger partial charge >= 0.3 is 17.9 Å². The second kappa shape index (κ2) is 57.7. The summed E-state index contributed by atoms with van der Waals surface area (Å²) in [7, 11) is 0. The van der Waals surface area contributed by atoms with Crippen molar-refractivity contribution in [3.63, 3.8) is 0 Å². The molecule has 0 bridgehead atoms. The van der Waals surface area contributed by atoms with E-state index >= 15 is 0 Å². The standard InChI is InChI=1S/C63H112O6/c1-4-7-10-13-16-19-21-22-23-24-25-26-27-28-29-30-31-32-33-34-35-36-37-38-39-40-42-44-47-50-53-56-62(65)68-59-60(58-67-61(64)55-52-49-46-43-18-15-12-9-6-3)69-63(66)57-54-51-48-45-41-20-17-14-11-8-5-2/h7,10,16,19,22-23,25-26,28-29,60H,4-6,8-9,11-15,17-18,20-21,24,27,30-59H2,1-3H3/b10-7-,19-16-,23-22-,26-25-,29-28-. The van der Waals surface area contributed by atoms with Crippen LogP contribution in [0, 0.1) is 0 Å². The molecule has 6 heteroatoms. The molecule has 6 nitrogen and oxygen atoms in total. The molecule has 0 N–H and O–H groups in total. The minimum atomic E-state index is -0.766. The van der Waals surface area contributed by atoms with E-state index in [4.69, 9.17) is 14.2 Å². The zero-order valence-corrected chi connectivity index (χ0v) is 45.8. The third-order valence-electron chi connectivity index (χ3n) is 13.0. The molecule has 0 aliphatic heterocycles. The van der Waals surface area contributed by atoms with Gasteiger partial charge in [-0.25, -0.2) is 0 Å². The van der Waals surface area contributed by atoms with Crippen molar-refractivity contribution in [3.05, 3.63) is 60.8 Å². The van der Waals surface area contributed by atoms with Gasteiger partial charge in [0.15, 0.2) is 6.10 Å². The number of carbonyl (C=O) groups excluding carboxylic acids is 3. The van der Waals surface area contributed by atoms with Crippen LogP contribution in [0.4, 0.5) is 0 Å². The van der Waals surface area contributed by atoms with Gasteiger partial charge in [-0.05, 0) is 64.2 Å². The molecule has 0 aromatic carbocycles. The lowest BCUT2D eigenvalue weighted by molar-refractivity contribution is -0.167. The van der Waals surface area contributed by atoms with E-state index in [2.05, 4.69) is 81.5 Å². The number of allylic oxidation sites excluding steroid dienone is 10. The number of hydrogen-bond acceptors (Lipinski definition) is 6. The fourth-order valence-corrected chi connectivity index (χ4v) is 8.59. The van der Waals surface area contributed by atoms with Crippen molar-refractivity contribution in [3.8, 4) is 0 Å². The normalized spacial score (nSPS) is 12.4. The van der Waals surface area contributed by atoms with Gasteiger partial charge in [0.25, 0.3) is 0 Å². The Morgan fingerprint density at radius 3 is 0.884 bits per heavy atom. The molecular formula is C63H112O6. The minimum absolute atomic E-state index is 0.0684. The molecule has 0 rings (SSSR count). The van der Waals surface area contributed by atoms with Crippen molar-refractivity contribution < 1.29 is 28.6 Å². The first-order valence-corrected chi connectivity index (χ1v) is 29.8. The molecule has 1 atom stereocenters. The van der Waals surface area contributed by atoms with Gasteiger partial charge in [0.1, 0.15) is 13.2 Å². The average molecular weight is 966 g/mol. The number of ether oxygens (including phenoxy) is 3. The predicted octanol–water partition coefficient (Wildman–Crippen LogP) is 20.0. The highest BCUT2D eigenvalue weighted by Crippen LogP contribution is 2.17. The van der Waals surface area contributed by atoms with E-state index < -0.39 is 6.10 Å². The third-order valence-corrected chi connectivity index (χ3v) is 13.0. The number of hydrogen-bond donors (Lipinski definition) is 0. The Labute approximate surface area is 428 Å². The summed E-state index contributed by atoms with van der Waals surface area (Å²) >= 11 is 0. The molecule has 400 valence electrons. The van der Waals surface area contributed by atoms with E-state index in [1.807, 2.05) is 0 Å². The van der Waals surface area contributed by atoms with Crippen LogP contribution in [0.2, 0.25) is 0 Å². The van der Waals surface area contributed by atoms with Gasteiger partial charge < -0.3 is 14.2 Å². The largest absolute Gasteiger partial charge is 0.462 e. The van der Waals surface area contributed by atoms with Crippen LogP contribution in [0.15, 0.2) is 60.8 Å². The molecule has 69 heavy (non-hydrogen) atoms. The maximum Gasteiger partial charge on any atom is 0.306 e. The van der Waals surface area contributed by atoms with E-state index in [-0.39, 0.29) is 31.1 Å². The van der Waals surface area contributed by atoms with Gasteiger partial charge in [0.05, 0.1) is 0 Å². The fourth-order valence-electron chi connectivity index (χ4n) is 8.59. The van der Waals surface area contributed by atoms with Crippen molar-refractivity contribution in [1.29, 1.82) is 0 Å². The second-order valence-electron chi connectivity index (χ2n) is 19.9. The summed E-state index contributed by atoms with van der Waals surface area (Å²) in [5.41, 5.74) is 0. The van der Waals surface area contributed by atoms with Gasteiger partial charge in [-0.2, -0.15) is 0 Å². The zero-order chi connectivity index (χ0) is 50.0. The first kappa shape index (κ1) is 66.1. The number of rotatable bonds is 54. The highest BCUT2D eigenvalue weighted by Gasteiger charge is 2.19. The van der Waals surface area contributed by atoms with Gasteiger partial charge in [-0.15, -0.1) is 0 Å². The van der Waals surface area contributed by atoms with Crippen LogP contribution in [0.25, 0.3) is 0 Å². The SMILES string of the molecule is CC/C=C\C/C=C\C/C=C\C/C=C\C/C=C\CCCCCCCCCCCCCCCCCC(=O)OCC(COC(=O)CCCCCCCCCCC)OC(=O)CCCCCCCCCCCCC.